The van der Waals surface area contributed by atoms with Crippen LogP contribution in [-0.2, 0) is 9.53 Å². The first-order valence-electron chi connectivity index (χ1n) is 6.76. The molecule has 0 radical (unpaired) electrons. The van der Waals surface area contributed by atoms with Gasteiger partial charge in [0, 0.05) is 6.61 Å². The average molecular weight is 323 g/mol. The van der Waals surface area contributed by atoms with Crippen LogP contribution in [0.1, 0.15) is 18.4 Å². The van der Waals surface area contributed by atoms with Gasteiger partial charge in [0.05, 0.1) is 17.6 Å². The summed E-state index contributed by atoms with van der Waals surface area (Å²) < 4.78 is 19.0. The highest BCUT2D eigenvalue weighted by molar-refractivity contribution is 8.26. The maximum atomic E-state index is 12.9. The number of nitrogens with zero attached hydrogens (tertiary/aromatic N) is 1. The molecule has 2 aliphatic heterocycles. The van der Waals surface area contributed by atoms with Gasteiger partial charge in [0.1, 0.15) is 10.1 Å². The molecule has 0 aliphatic carbocycles. The van der Waals surface area contributed by atoms with Crippen LogP contribution in [0.3, 0.4) is 0 Å². The summed E-state index contributed by atoms with van der Waals surface area (Å²) in [4.78, 5) is 14.6. The SMILES string of the molecule is O=C1/C(=C/c2ccc(F)cc2)SC(=S)N1CC1CCCO1. The molecule has 1 aromatic carbocycles. The first-order chi connectivity index (χ1) is 10.1. The number of halogens is 1. The first-order valence-corrected chi connectivity index (χ1v) is 7.98. The molecule has 0 N–H and O–H groups in total. The molecule has 0 aromatic heterocycles. The molecule has 2 saturated heterocycles. The van der Waals surface area contributed by atoms with E-state index in [-0.39, 0.29) is 17.8 Å². The number of amides is 1. The molecule has 110 valence electrons. The maximum absolute atomic E-state index is 12.9. The van der Waals surface area contributed by atoms with E-state index >= 15 is 0 Å². The van der Waals surface area contributed by atoms with Crippen molar-refractivity contribution in [2.45, 2.75) is 18.9 Å². The van der Waals surface area contributed by atoms with Gasteiger partial charge in [-0.3, -0.25) is 9.69 Å². The Kier molecular flexibility index (Phi) is 4.37. The van der Waals surface area contributed by atoms with Gasteiger partial charge in [0.15, 0.2) is 0 Å². The van der Waals surface area contributed by atoms with Gasteiger partial charge in [0.25, 0.3) is 5.91 Å². The van der Waals surface area contributed by atoms with Crippen LogP contribution in [-0.4, -0.2) is 34.4 Å². The van der Waals surface area contributed by atoms with Gasteiger partial charge in [-0.2, -0.15) is 0 Å². The van der Waals surface area contributed by atoms with Crippen LogP contribution in [0.25, 0.3) is 6.08 Å². The van der Waals surface area contributed by atoms with E-state index in [0.717, 1.165) is 25.0 Å². The number of hydrogen-bond donors (Lipinski definition) is 0. The molecule has 21 heavy (non-hydrogen) atoms. The summed E-state index contributed by atoms with van der Waals surface area (Å²) in [6.45, 7) is 1.27. The van der Waals surface area contributed by atoms with Crippen LogP contribution in [0.15, 0.2) is 29.2 Å². The lowest BCUT2D eigenvalue weighted by atomic mass is 10.2. The third kappa shape index (κ3) is 3.33. The Labute approximate surface area is 132 Å². The highest BCUT2D eigenvalue weighted by Gasteiger charge is 2.34. The summed E-state index contributed by atoms with van der Waals surface area (Å²) in [5.74, 6) is -0.386. The molecule has 2 aliphatic rings. The second kappa shape index (κ2) is 6.25. The van der Waals surface area contributed by atoms with E-state index in [2.05, 4.69) is 0 Å². The lowest BCUT2D eigenvalue weighted by molar-refractivity contribution is -0.123. The minimum Gasteiger partial charge on any atom is -0.376 e. The highest BCUT2D eigenvalue weighted by atomic mass is 32.2. The van der Waals surface area contributed by atoms with E-state index in [1.54, 1.807) is 23.1 Å². The van der Waals surface area contributed by atoms with Gasteiger partial charge in [-0.1, -0.05) is 36.1 Å². The summed E-state index contributed by atoms with van der Waals surface area (Å²) in [6.07, 6.45) is 3.82. The van der Waals surface area contributed by atoms with E-state index in [1.165, 1.54) is 23.9 Å². The third-order valence-electron chi connectivity index (χ3n) is 3.45. The number of rotatable bonds is 3. The Balaban J connectivity index is 1.74. The quantitative estimate of drug-likeness (QED) is 0.631. The second-order valence-corrected chi connectivity index (χ2v) is 6.65. The molecule has 0 spiro atoms. The summed E-state index contributed by atoms with van der Waals surface area (Å²) in [5.41, 5.74) is 0.786. The van der Waals surface area contributed by atoms with Crippen LogP contribution in [0.2, 0.25) is 0 Å². The van der Waals surface area contributed by atoms with Crippen molar-refractivity contribution in [2.24, 2.45) is 0 Å². The van der Waals surface area contributed by atoms with E-state index in [1.807, 2.05) is 0 Å². The minimum atomic E-state index is -0.293. The Hall–Kier alpha value is -1.24. The molecule has 3 rings (SSSR count). The summed E-state index contributed by atoms with van der Waals surface area (Å²) in [5, 5.41) is 0. The van der Waals surface area contributed by atoms with Gasteiger partial charge in [-0.05, 0) is 36.6 Å². The van der Waals surface area contributed by atoms with Crippen molar-refractivity contribution >= 4 is 40.3 Å². The van der Waals surface area contributed by atoms with E-state index in [9.17, 15) is 9.18 Å². The Bertz CT molecular complexity index is 594. The van der Waals surface area contributed by atoms with E-state index in [0.29, 0.717) is 15.8 Å². The highest BCUT2D eigenvalue weighted by Crippen LogP contribution is 2.33. The minimum absolute atomic E-state index is 0.0812. The average Bonchev–Trinajstić information content (AvgIpc) is 3.06. The van der Waals surface area contributed by atoms with Crippen LogP contribution >= 0.6 is 24.0 Å². The first kappa shape index (κ1) is 14.7. The maximum Gasteiger partial charge on any atom is 0.266 e. The summed E-state index contributed by atoms with van der Waals surface area (Å²) in [7, 11) is 0. The van der Waals surface area contributed by atoms with Crippen molar-refractivity contribution in [2.75, 3.05) is 13.2 Å². The molecule has 0 bridgehead atoms. The largest absolute Gasteiger partial charge is 0.376 e. The van der Waals surface area contributed by atoms with Gasteiger partial charge >= 0.3 is 0 Å². The Morgan fingerprint density at radius 3 is 2.86 bits per heavy atom. The number of benzene rings is 1. The number of hydrogen-bond acceptors (Lipinski definition) is 4. The summed E-state index contributed by atoms with van der Waals surface area (Å²) >= 11 is 6.56. The zero-order valence-corrected chi connectivity index (χ0v) is 12.9. The molecular formula is C15H14FNO2S2. The van der Waals surface area contributed by atoms with Crippen LogP contribution in [0, 0.1) is 5.82 Å². The van der Waals surface area contributed by atoms with Crippen molar-refractivity contribution in [3.63, 3.8) is 0 Å². The number of carbonyl (C=O) groups is 1. The Morgan fingerprint density at radius 1 is 1.43 bits per heavy atom. The molecule has 2 heterocycles. The molecule has 3 nitrogen and oxygen atoms in total. The van der Waals surface area contributed by atoms with Gasteiger partial charge in [0.2, 0.25) is 0 Å². The molecule has 1 aromatic rings. The Morgan fingerprint density at radius 2 is 2.19 bits per heavy atom. The van der Waals surface area contributed by atoms with E-state index < -0.39 is 0 Å². The third-order valence-corrected chi connectivity index (χ3v) is 4.83. The molecule has 1 unspecified atom stereocenters. The smallest absolute Gasteiger partial charge is 0.266 e. The van der Waals surface area contributed by atoms with Crippen molar-refractivity contribution in [1.82, 2.24) is 4.90 Å². The predicted molar refractivity (Wildman–Crippen MR) is 85.3 cm³/mol. The fraction of sp³-hybridized carbons (Fsp3) is 0.333. The number of carbonyl (C=O) groups excluding carboxylic acids is 1. The number of ether oxygens (including phenoxy) is 1. The standard InChI is InChI=1S/C15H14FNO2S2/c16-11-5-3-10(4-6-11)8-13-14(18)17(15(20)21-13)9-12-2-1-7-19-12/h3-6,8,12H,1-2,7,9H2/b13-8-. The topological polar surface area (TPSA) is 29.5 Å². The second-order valence-electron chi connectivity index (χ2n) is 4.98. The molecule has 6 heteroatoms. The molecule has 1 atom stereocenters. The van der Waals surface area contributed by atoms with Crippen molar-refractivity contribution < 1.29 is 13.9 Å². The normalized spacial score (nSPS) is 24.3. The van der Waals surface area contributed by atoms with Crippen LogP contribution in [0.4, 0.5) is 4.39 Å². The molecular weight excluding hydrogens is 309 g/mol. The molecule has 0 saturated carbocycles. The molecule has 2 fully saturated rings. The lowest BCUT2D eigenvalue weighted by Gasteiger charge is -2.18. The van der Waals surface area contributed by atoms with Crippen LogP contribution in [0.5, 0.6) is 0 Å². The fourth-order valence-electron chi connectivity index (χ4n) is 2.36. The van der Waals surface area contributed by atoms with Crippen molar-refractivity contribution in [3.05, 3.63) is 40.6 Å². The van der Waals surface area contributed by atoms with Crippen LogP contribution < -0.4 is 0 Å². The zero-order valence-electron chi connectivity index (χ0n) is 11.3. The van der Waals surface area contributed by atoms with Gasteiger partial charge in [-0.15, -0.1) is 0 Å². The monoisotopic (exact) mass is 323 g/mol. The fourth-order valence-corrected chi connectivity index (χ4v) is 3.63. The van der Waals surface area contributed by atoms with Crippen molar-refractivity contribution in [1.29, 1.82) is 0 Å². The van der Waals surface area contributed by atoms with Crippen molar-refractivity contribution in [3.8, 4) is 0 Å². The van der Waals surface area contributed by atoms with Gasteiger partial charge in [-0.25, -0.2) is 4.39 Å². The number of thioether (sulfide) groups is 1. The van der Waals surface area contributed by atoms with Gasteiger partial charge < -0.3 is 4.74 Å². The molecule has 1 amide bonds. The lowest BCUT2D eigenvalue weighted by Crippen LogP contribution is -2.35. The van der Waals surface area contributed by atoms with E-state index in [4.69, 9.17) is 17.0 Å². The summed E-state index contributed by atoms with van der Waals surface area (Å²) in [6, 6.07) is 6.03. The predicted octanol–water partition coefficient (Wildman–Crippen LogP) is 3.21. The zero-order chi connectivity index (χ0) is 14.8. The number of thiocarbonyl (C=S) groups is 1.